The van der Waals surface area contributed by atoms with Gasteiger partial charge in [0.05, 0.1) is 10.1 Å². The average molecular weight is 368 g/mol. The molecule has 26 heavy (non-hydrogen) atoms. The number of hydrogen-bond acceptors (Lipinski definition) is 4. The zero-order valence-corrected chi connectivity index (χ0v) is 14.9. The molecule has 0 saturated heterocycles. The Balaban J connectivity index is 1.91. The van der Waals surface area contributed by atoms with Gasteiger partial charge in [0.1, 0.15) is 5.82 Å². The van der Waals surface area contributed by atoms with Crippen LogP contribution in [0.15, 0.2) is 48.7 Å². The molecule has 6 heteroatoms. The summed E-state index contributed by atoms with van der Waals surface area (Å²) in [4.78, 5) is 12.7. The summed E-state index contributed by atoms with van der Waals surface area (Å²) in [6, 6.07) is 10.7. The lowest BCUT2D eigenvalue weighted by molar-refractivity contribution is -0.133. The van der Waals surface area contributed by atoms with Crippen LogP contribution in [0.2, 0.25) is 0 Å². The first-order chi connectivity index (χ1) is 12.6. The van der Waals surface area contributed by atoms with Crippen molar-refractivity contribution in [1.29, 1.82) is 0 Å². The molecule has 4 nitrogen and oxygen atoms in total. The lowest BCUT2D eigenvalue weighted by atomic mass is 9.77. The molecule has 1 unspecified atom stereocenters. The number of benzene rings is 2. The molecule has 2 N–H and O–H groups in total. The van der Waals surface area contributed by atoms with Crippen LogP contribution in [0, 0.1) is 12.7 Å². The Kier molecular flexibility index (Phi) is 4.09. The van der Waals surface area contributed by atoms with E-state index in [1.807, 2.05) is 30.5 Å². The Morgan fingerprint density at radius 2 is 2.12 bits per heavy atom. The van der Waals surface area contributed by atoms with E-state index in [1.165, 1.54) is 17.6 Å². The number of nitrogens with zero attached hydrogens (tertiary/aromatic N) is 1. The van der Waals surface area contributed by atoms with Crippen molar-refractivity contribution < 1.29 is 14.4 Å². The maximum Gasteiger partial charge on any atom is 0.257 e. The zero-order valence-electron chi connectivity index (χ0n) is 14.1. The molecule has 0 spiro atoms. The molecule has 1 atom stereocenters. The highest BCUT2D eigenvalue weighted by Crippen LogP contribution is 2.46. The number of hydrogen-bond donors (Lipinski definition) is 2. The van der Waals surface area contributed by atoms with Crippen LogP contribution in [0.3, 0.4) is 0 Å². The van der Waals surface area contributed by atoms with Gasteiger partial charge in [0.15, 0.2) is 0 Å². The number of carbonyl (C=O) groups is 1. The molecule has 0 aliphatic heterocycles. The number of amides is 1. The van der Waals surface area contributed by atoms with Gasteiger partial charge in [-0.05, 0) is 59.6 Å². The van der Waals surface area contributed by atoms with Gasteiger partial charge in [-0.25, -0.2) is 9.87 Å². The monoisotopic (exact) mass is 368 g/mol. The molecule has 0 fully saturated rings. The van der Waals surface area contributed by atoms with Crippen molar-refractivity contribution in [3.8, 4) is 0 Å². The second kappa shape index (κ2) is 6.30. The smallest absolute Gasteiger partial charge is 0.257 e. The SMILES string of the molecule is Cc1c(F)cccc1C1(C(=O)NO)C=C(c2cccc3cnsc23)CC1. The quantitative estimate of drug-likeness (QED) is 0.533. The molecular formula is C20H17FN2O2S. The first-order valence-corrected chi connectivity index (χ1v) is 9.10. The van der Waals surface area contributed by atoms with Gasteiger partial charge in [0.2, 0.25) is 0 Å². The molecule has 1 heterocycles. The number of fused-ring (bicyclic) bond motifs is 1. The second-order valence-electron chi connectivity index (χ2n) is 6.54. The van der Waals surface area contributed by atoms with Gasteiger partial charge in [-0.1, -0.05) is 36.4 Å². The highest BCUT2D eigenvalue weighted by molar-refractivity contribution is 7.13. The molecule has 1 aromatic heterocycles. The number of carbonyl (C=O) groups excluding carboxylic acids is 1. The summed E-state index contributed by atoms with van der Waals surface area (Å²) in [7, 11) is 0. The van der Waals surface area contributed by atoms with E-state index in [4.69, 9.17) is 0 Å². The summed E-state index contributed by atoms with van der Waals surface area (Å²) >= 11 is 1.42. The van der Waals surface area contributed by atoms with Crippen LogP contribution in [-0.4, -0.2) is 15.5 Å². The van der Waals surface area contributed by atoms with Gasteiger partial charge in [0.25, 0.3) is 5.91 Å². The Morgan fingerprint density at radius 3 is 2.92 bits per heavy atom. The van der Waals surface area contributed by atoms with Crippen LogP contribution in [0.4, 0.5) is 4.39 Å². The van der Waals surface area contributed by atoms with Gasteiger partial charge in [-0.15, -0.1) is 0 Å². The van der Waals surface area contributed by atoms with Gasteiger partial charge in [-0.2, -0.15) is 4.37 Å². The summed E-state index contributed by atoms with van der Waals surface area (Å²) in [6.07, 6.45) is 4.81. The number of aromatic nitrogens is 1. The molecule has 1 aliphatic carbocycles. The lowest BCUT2D eigenvalue weighted by Crippen LogP contribution is -2.41. The fourth-order valence-corrected chi connectivity index (χ4v) is 4.63. The predicted molar refractivity (Wildman–Crippen MR) is 99.6 cm³/mol. The van der Waals surface area contributed by atoms with Crippen molar-refractivity contribution in [1.82, 2.24) is 9.85 Å². The van der Waals surface area contributed by atoms with E-state index in [0.717, 1.165) is 21.2 Å². The van der Waals surface area contributed by atoms with Crippen molar-refractivity contribution in [2.45, 2.75) is 25.2 Å². The van der Waals surface area contributed by atoms with Gasteiger partial charge < -0.3 is 0 Å². The maximum absolute atomic E-state index is 14.1. The van der Waals surface area contributed by atoms with Crippen LogP contribution < -0.4 is 5.48 Å². The minimum atomic E-state index is -1.09. The molecule has 3 aromatic rings. The van der Waals surface area contributed by atoms with Crippen molar-refractivity contribution >= 4 is 33.1 Å². The summed E-state index contributed by atoms with van der Waals surface area (Å²) < 4.78 is 19.5. The Morgan fingerprint density at radius 1 is 1.31 bits per heavy atom. The molecule has 132 valence electrons. The van der Waals surface area contributed by atoms with Gasteiger partial charge in [0, 0.05) is 11.6 Å². The highest BCUT2D eigenvalue weighted by Gasteiger charge is 2.43. The van der Waals surface area contributed by atoms with Crippen LogP contribution >= 0.6 is 11.5 Å². The normalized spacial score (nSPS) is 19.6. The van der Waals surface area contributed by atoms with E-state index in [-0.39, 0.29) is 5.82 Å². The summed E-state index contributed by atoms with van der Waals surface area (Å²) in [5.74, 6) is -0.906. The number of hydroxylamine groups is 1. The Bertz CT molecular complexity index is 1040. The molecular weight excluding hydrogens is 351 g/mol. The van der Waals surface area contributed by atoms with Gasteiger partial charge >= 0.3 is 0 Å². The third-order valence-corrected chi connectivity index (χ3v) is 6.04. The standard InChI is InChI=1S/C20H17FN2O2S/c1-12-16(6-3-7-17(12)21)20(19(24)23-25)9-8-13(10-20)15-5-2-4-14-11-22-26-18(14)15/h2-7,10-11,25H,8-9H2,1H3,(H,23,24). The second-order valence-corrected chi connectivity index (χ2v) is 7.35. The molecule has 1 aliphatic rings. The first kappa shape index (κ1) is 16.9. The van der Waals surface area contributed by atoms with E-state index in [2.05, 4.69) is 4.37 Å². The third kappa shape index (κ3) is 2.45. The van der Waals surface area contributed by atoms with E-state index < -0.39 is 11.3 Å². The highest BCUT2D eigenvalue weighted by atomic mass is 32.1. The van der Waals surface area contributed by atoms with E-state index in [0.29, 0.717) is 24.0 Å². The van der Waals surface area contributed by atoms with E-state index in [1.54, 1.807) is 24.5 Å². The van der Waals surface area contributed by atoms with Crippen molar-refractivity contribution in [2.75, 3.05) is 0 Å². The fourth-order valence-electron chi connectivity index (χ4n) is 3.84. The predicted octanol–water partition coefficient (Wildman–Crippen LogP) is 4.36. The number of halogens is 1. The molecule has 0 radical (unpaired) electrons. The fraction of sp³-hybridized carbons (Fsp3) is 0.200. The topological polar surface area (TPSA) is 62.2 Å². The van der Waals surface area contributed by atoms with Crippen molar-refractivity contribution in [3.05, 3.63) is 71.2 Å². The van der Waals surface area contributed by atoms with Gasteiger partial charge in [-0.3, -0.25) is 10.0 Å². The zero-order chi connectivity index (χ0) is 18.3. The molecule has 1 amide bonds. The van der Waals surface area contributed by atoms with Crippen LogP contribution in [-0.2, 0) is 10.2 Å². The Labute approximate surface area is 154 Å². The number of allylic oxidation sites excluding steroid dienone is 1. The molecule has 0 bridgehead atoms. The lowest BCUT2D eigenvalue weighted by Gasteiger charge is -2.27. The average Bonchev–Trinajstić information content (AvgIpc) is 3.30. The van der Waals surface area contributed by atoms with Crippen LogP contribution in [0.5, 0.6) is 0 Å². The van der Waals surface area contributed by atoms with Crippen LogP contribution in [0.1, 0.15) is 29.5 Å². The number of nitrogens with one attached hydrogen (secondary N) is 1. The minimum Gasteiger partial charge on any atom is -0.289 e. The summed E-state index contributed by atoms with van der Waals surface area (Å²) in [5, 5.41) is 10.4. The molecule has 4 rings (SSSR count). The molecule has 2 aromatic carbocycles. The number of rotatable bonds is 3. The Hall–Kier alpha value is -2.57. The minimum absolute atomic E-state index is 0.362. The van der Waals surface area contributed by atoms with Crippen LogP contribution in [0.25, 0.3) is 15.7 Å². The van der Waals surface area contributed by atoms with Crippen molar-refractivity contribution in [3.63, 3.8) is 0 Å². The first-order valence-electron chi connectivity index (χ1n) is 8.32. The maximum atomic E-state index is 14.1. The summed E-state index contributed by atoms with van der Waals surface area (Å²) in [5.41, 5.74) is 3.73. The summed E-state index contributed by atoms with van der Waals surface area (Å²) in [6.45, 7) is 1.66. The van der Waals surface area contributed by atoms with Crippen molar-refractivity contribution in [2.24, 2.45) is 0 Å². The third-order valence-electron chi connectivity index (χ3n) is 5.19. The van der Waals surface area contributed by atoms with E-state index in [9.17, 15) is 14.4 Å². The van der Waals surface area contributed by atoms with E-state index >= 15 is 0 Å². The largest absolute Gasteiger partial charge is 0.289 e. The molecule has 0 saturated carbocycles.